The summed E-state index contributed by atoms with van der Waals surface area (Å²) in [7, 11) is 0. The summed E-state index contributed by atoms with van der Waals surface area (Å²) in [4.78, 5) is 32.5. The summed E-state index contributed by atoms with van der Waals surface area (Å²) < 4.78 is 0. The highest BCUT2D eigenvalue weighted by Gasteiger charge is 2.22. The van der Waals surface area contributed by atoms with Crippen molar-refractivity contribution in [2.75, 3.05) is 0 Å². The lowest BCUT2D eigenvalue weighted by molar-refractivity contribution is -0.515. The van der Waals surface area contributed by atoms with Crippen LogP contribution in [0.1, 0.15) is 73.1 Å². The molecule has 1 unspecified atom stereocenters. The molecule has 0 aliphatic heterocycles. The van der Waals surface area contributed by atoms with E-state index in [1.807, 2.05) is 13.8 Å². The summed E-state index contributed by atoms with van der Waals surface area (Å²) in [6.45, 7) is 9.59. The molecule has 0 amide bonds. The predicted molar refractivity (Wildman–Crippen MR) is 86.3 cm³/mol. The molecular formula is C17H30O6. The second-order valence-corrected chi connectivity index (χ2v) is 6.26. The number of carboxylic acids is 1. The van der Waals surface area contributed by atoms with Crippen molar-refractivity contribution in [2.45, 2.75) is 78.7 Å². The van der Waals surface area contributed by atoms with Crippen LogP contribution in [-0.2, 0) is 24.4 Å². The molecule has 0 fully saturated rings. The van der Waals surface area contributed by atoms with Gasteiger partial charge in [0.1, 0.15) is 5.60 Å². The molecule has 0 bridgehead atoms. The average Bonchev–Trinajstić information content (AvgIpc) is 2.49. The lowest BCUT2D eigenvalue weighted by Crippen LogP contribution is -2.24. The van der Waals surface area contributed by atoms with Gasteiger partial charge in [0.25, 0.3) is 0 Å². The van der Waals surface area contributed by atoms with E-state index < -0.39 is 17.5 Å². The molecule has 23 heavy (non-hydrogen) atoms. The minimum absolute atomic E-state index is 0.0818. The van der Waals surface area contributed by atoms with Crippen LogP contribution in [0.4, 0.5) is 0 Å². The van der Waals surface area contributed by atoms with Crippen LogP contribution in [0.3, 0.4) is 0 Å². The smallest absolute Gasteiger partial charge is 0.372 e. The predicted octanol–water partition coefficient (Wildman–Crippen LogP) is 4.20. The van der Waals surface area contributed by atoms with Gasteiger partial charge in [-0.25, -0.2) is 9.59 Å². The summed E-state index contributed by atoms with van der Waals surface area (Å²) in [6.07, 6.45) is 5.80. The largest absolute Gasteiger partial charge is 0.478 e. The Bertz CT molecular complexity index is 400. The Kier molecular flexibility index (Phi) is 10.5. The third kappa shape index (κ3) is 10.1. The van der Waals surface area contributed by atoms with Gasteiger partial charge >= 0.3 is 11.9 Å². The normalized spacial score (nSPS) is 13.7. The van der Waals surface area contributed by atoms with Gasteiger partial charge in [0.05, 0.1) is 0 Å². The first kappa shape index (κ1) is 21.6. The van der Waals surface area contributed by atoms with E-state index in [9.17, 15) is 9.59 Å². The molecular weight excluding hydrogens is 300 g/mol. The van der Waals surface area contributed by atoms with Gasteiger partial charge in [-0.1, -0.05) is 46.5 Å². The van der Waals surface area contributed by atoms with Crippen molar-refractivity contribution in [3.63, 3.8) is 0 Å². The Morgan fingerprint density at radius 1 is 1.22 bits per heavy atom. The van der Waals surface area contributed by atoms with Gasteiger partial charge in [0.15, 0.2) is 0 Å². The first-order valence-electron chi connectivity index (χ1n) is 8.25. The highest BCUT2D eigenvalue weighted by Crippen LogP contribution is 2.22. The van der Waals surface area contributed by atoms with Crippen LogP contribution in [0.15, 0.2) is 11.6 Å². The number of carbonyl (C=O) groups excluding carboxylic acids is 1. The number of unbranched alkanes of at least 4 members (excludes halogenated alkanes) is 1. The van der Waals surface area contributed by atoms with E-state index >= 15 is 0 Å². The molecule has 0 aliphatic rings. The molecule has 1 atom stereocenters. The van der Waals surface area contributed by atoms with E-state index in [1.165, 1.54) is 0 Å². The number of carboxylic acid groups (broad SMARTS) is 1. The van der Waals surface area contributed by atoms with E-state index in [0.717, 1.165) is 31.8 Å². The molecule has 0 aliphatic carbocycles. The third-order valence-corrected chi connectivity index (χ3v) is 3.83. The van der Waals surface area contributed by atoms with Gasteiger partial charge in [-0.05, 0) is 37.6 Å². The molecule has 6 heteroatoms. The minimum Gasteiger partial charge on any atom is -0.478 e. The Balaban J connectivity index is 4.71. The topological polar surface area (TPSA) is 82.1 Å². The molecule has 0 aromatic heterocycles. The zero-order chi connectivity index (χ0) is 17.9. The third-order valence-electron chi connectivity index (χ3n) is 3.83. The summed E-state index contributed by atoms with van der Waals surface area (Å²) in [5.41, 5.74) is -0.511. The van der Waals surface area contributed by atoms with Gasteiger partial charge in [0, 0.05) is 11.6 Å². The maximum Gasteiger partial charge on any atom is 0.372 e. The van der Waals surface area contributed by atoms with Gasteiger partial charge in [-0.2, -0.15) is 4.89 Å². The number of aliphatic carboxylic acids is 1. The SMILES string of the molecule is CCCCC(CC)CC(=CC(=O)O)C(=O)OOOC(C)(C)CC. The first-order valence-corrected chi connectivity index (χ1v) is 8.25. The lowest BCUT2D eigenvalue weighted by atomic mass is 9.91. The fourth-order valence-corrected chi connectivity index (χ4v) is 1.86. The van der Waals surface area contributed by atoms with E-state index in [2.05, 4.69) is 16.8 Å². The van der Waals surface area contributed by atoms with Gasteiger partial charge in [-0.15, -0.1) is 0 Å². The van der Waals surface area contributed by atoms with Crippen LogP contribution < -0.4 is 0 Å². The monoisotopic (exact) mass is 330 g/mol. The van der Waals surface area contributed by atoms with Crippen LogP contribution in [0.25, 0.3) is 0 Å². The number of hydrogen-bond donors (Lipinski definition) is 1. The molecule has 134 valence electrons. The molecule has 0 spiro atoms. The van der Waals surface area contributed by atoms with Gasteiger partial charge in [-0.3, -0.25) is 4.89 Å². The summed E-state index contributed by atoms with van der Waals surface area (Å²) in [5, 5.41) is 13.5. The number of carbonyl (C=O) groups is 2. The number of hydrogen-bond acceptors (Lipinski definition) is 5. The van der Waals surface area contributed by atoms with Crippen LogP contribution >= 0.6 is 0 Å². The Hall–Kier alpha value is -1.40. The highest BCUT2D eigenvalue weighted by atomic mass is 17.5. The van der Waals surface area contributed by atoms with Crippen LogP contribution in [-0.4, -0.2) is 22.6 Å². The Morgan fingerprint density at radius 2 is 1.87 bits per heavy atom. The van der Waals surface area contributed by atoms with Crippen molar-refractivity contribution in [1.82, 2.24) is 0 Å². The second kappa shape index (κ2) is 11.2. The molecule has 1 N–H and O–H groups in total. The van der Waals surface area contributed by atoms with Crippen molar-refractivity contribution in [3.8, 4) is 0 Å². The maximum absolute atomic E-state index is 12.0. The average molecular weight is 330 g/mol. The zero-order valence-corrected chi connectivity index (χ0v) is 14.9. The van der Waals surface area contributed by atoms with Crippen molar-refractivity contribution >= 4 is 11.9 Å². The van der Waals surface area contributed by atoms with Crippen molar-refractivity contribution < 1.29 is 29.5 Å². The maximum atomic E-state index is 12.0. The Labute approximate surface area is 138 Å². The molecule has 0 aromatic rings. The molecule has 0 saturated heterocycles. The zero-order valence-electron chi connectivity index (χ0n) is 14.9. The molecule has 0 saturated carbocycles. The Morgan fingerprint density at radius 3 is 2.35 bits per heavy atom. The van der Waals surface area contributed by atoms with Crippen LogP contribution in [0, 0.1) is 5.92 Å². The summed E-state index contributed by atoms with van der Waals surface area (Å²) >= 11 is 0. The molecule has 0 heterocycles. The fraction of sp³-hybridized carbons (Fsp3) is 0.765. The van der Waals surface area contributed by atoms with E-state index in [4.69, 9.17) is 9.99 Å². The van der Waals surface area contributed by atoms with Gasteiger partial charge in [0.2, 0.25) is 0 Å². The van der Waals surface area contributed by atoms with Crippen LogP contribution in [0.5, 0.6) is 0 Å². The lowest BCUT2D eigenvalue weighted by Gasteiger charge is -2.20. The summed E-state index contributed by atoms with van der Waals surface area (Å²) in [5.74, 6) is -1.77. The number of rotatable bonds is 12. The van der Waals surface area contributed by atoms with Gasteiger partial charge < -0.3 is 5.11 Å². The quantitative estimate of drug-likeness (QED) is 0.328. The summed E-state index contributed by atoms with van der Waals surface area (Å²) in [6, 6.07) is 0. The molecule has 0 rings (SSSR count). The molecule has 0 aromatic carbocycles. The van der Waals surface area contributed by atoms with E-state index in [0.29, 0.717) is 12.8 Å². The van der Waals surface area contributed by atoms with Crippen LogP contribution in [0.2, 0.25) is 0 Å². The van der Waals surface area contributed by atoms with Crippen molar-refractivity contribution in [2.24, 2.45) is 5.92 Å². The fourth-order valence-electron chi connectivity index (χ4n) is 1.86. The second-order valence-electron chi connectivity index (χ2n) is 6.26. The highest BCUT2D eigenvalue weighted by molar-refractivity contribution is 5.95. The first-order chi connectivity index (χ1) is 10.8. The molecule has 0 radical (unpaired) electrons. The molecule has 6 nitrogen and oxygen atoms in total. The standard InChI is InChI=1S/C17H30O6/c1-6-9-10-13(7-2)11-14(12-15(18)19)16(20)21-23-22-17(4,5)8-3/h12-13H,6-11H2,1-5H3,(H,18,19). The van der Waals surface area contributed by atoms with Crippen molar-refractivity contribution in [3.05, 3.63) is 11.6 Å². The van der Waals surface area contributed by atoms with E-state index in [-0.39, 0.29) is 11.5 Å². The van der Waals surface area contributed by atoms with Crippen molar-refractivity contribution in [1.29, 1.82) is 0 Å². The minimum atomic E-state index is -1.18. The van der Waals surface area contributed by atoms with E-state index in [1.54, 1.807) is 13.8 Å².